The van der Waals surface area contributed by atoms with Crippen molar-refractivity contribution in [3.05, 3.63) is 10.1 Å². The van der Waals surface area contributed by atoms with E-state index < -0.39 is 35.2 Å². The van der Waals surface area contributed by atoms with Crippen LogP contribution in [0.3, 0.4) is 0 Å². The van der Waals surface area contributed by atoms with Crippen LogP contribution >= 0.6 is 0 Å². The highest BCUT2D eigenvalue weighted by atomic mass is 16.6. The Balaban J connectivity index is 2.43. The first-order chi connectivity index (χ1) is 10.8. The van der Waals surface area contributed by atoms with Crippen LogP contribution < -0.4 is 5.32 Å². The molecule has 1 saturated carbocycles. The number of hydrogen-bond donors (Lipinski definition) is 1. The topological polar surface area (TPSA) is 125 Å². The molecule has 0 unspecified atom stereocenters. The smallest absolute Gasteiger partial charge is 0.307 e. The predicted octanol–water partition coefficient (Wildman–Crippen LogP) is -0.200. The number of nitrogens with zero attached hydrogens (tertiary/aromatic N) is 1. The zero-order valence-corrected chi connectivity index (χ0v) is 13.3. The van der Waals surface area contributed by atoms with Crippen molar-refractivity contribution in [2.45, 2.75) is 19.8 Å². The molecule has 0 aromatic carbocycles. The second-order valence-corrected chi connectivity index (χ2v) is 5.64. The Labute approximate surface area is 133 Å². The van der Waals surface area contributed by atoms with Gasteiger partial charge in [-0.1, -0.05) is 6.92 Å². The first-order valence-electron chi connectivity index (χ1n) is 7.41. The molecule has 9 heteroatoms. The molecule has 3 atom stereocenters. The third-order valence-corrected chi connectivity index (χ3v) is 3.92. The Kier molecular flexibility index (Phi) is 7.60. The van der Waals surface area contributed by atoms with Crippen molar-refractivity contribution >= 4 is 17.7 Å². The number of ether oxygens (including phenoxy) is 2. The van der Waals surface area contributed by atoms with Gasteiger partial charge in [-0.05, 0) is 5.92 Å². The Morgan fingerprint density at radius 2 is 2.13 bits per heavy atom. The fourth-order valence-corrected chi connectivity index (χ4v) is 2.73. The molecule has 130 valence electrons. The van der Waals surface area contributed by atoms with Gasteiger partial charge in [-0.3, -0.25) is 24.5 Å². The zero-order valence-electron chi connectivity index (χ0n) is 13.3. The van der Waals surface area contributed by atoms with Crippen molar-refractivity contribution in [3.8, 4) is 0 Å². The summed E-state index contributed by atoms with van der Waals surface area (Å²) < 4.78 is 9.58. The minimum Gasteiger partial charge on any atom is -0.456 e. The number of esters is 1. The SMILES string of the molecule is COCCNC(=O)COC(=O)C[C@@H]1C(=O)C[C@@H](C)[C@@H]1C[N+](=O)[O-]. The monoisotopic (exact) mass is 330 g/mol. The highest BCUT2D eigenvalue weighted by Gasteiger charge is 2.44. The second-order valence-electron chi connectivity index (χ2n) is 5.64. The molecule has 0 aromatic heterocycles. The zero-order chi connectivity index (χ0) is 17.4. The quantitative estimate of drug-likeness (QED) is 0.268. The summed E-state index contributed by atoms with van der Waals surface area (Å²) in [6.45, 7) is 1.62. The minimum atomic E-state index is -0.709. The summed E-state index contributed by atoms with van der Waals surface area (Å²) in [5.74, 6) is -2.65. The standard InChI is InChI=1S/C14H22N2O7/c1-9-5-12(17)10(11(9)7-16(20)21)6-14(19)23-8-13(18)15-3-4-22-2/h9-11H,3-8H2,1-2H3,(H,15,18)/t9-,10+,11+/m1/s1. The van der Waals surface area contributed by atoms with Crippen LogP contribution in [0.2, 0.25) is 0 Å². The summed E-state index contributed by atoms with van der Waals surface area (Å²) in [5.41, 5.74) is 0. The van der Waals surface area contributed by atoms with Crippen LogP contribution in [0, 0.1) is 27.9 Å². The minimum absolute atomic E-state index is 0.136. The maximum atomic E-state index is 11.9. The number of carbonyl (C=O) groups is 3. The number of Topliss-reactive ketones (excluding diaryl/α,β-unsaturated/α-hetero) is 1. The van der Waals surface area contributed by atoms with E-state index in [0.29, 0.717) is 13.2 Å². The largest absolute Gasteiger partial charge is 0.456 e. The maximum absolute atomic E-state index is 11.9. The Hall–Kier alpha value is -2.03. The molecular weight excluding hydrogens is 308 g/mol. The van der Waals surface area contributed by atoms with Gasteiger partial charge in [0.15, 0.2) is 6.61 Å². The van der Waals surface area contributed by atoms with Gasteiger partial charge in [0.2, 0.25) is 6.54 Å². The van der Waals surface area contributed by atoms with Gasteiger partial charge < -0.3 is 14.8 Å². The summed E-state index contributed by atoms with van der Waals surface area (Å²) in [6.07, 6.45) is 0.000980. The summed E-state index contributed by atoms with van der Waals surface area (Å²) in [7, 11) is 1.49. The van der Waals surface area contributed by atoms with Crippen molar-refractivity contribution in [2.24, 2.45) is 17.8 Å². The average Bonchev–Trinajstić information content (AvgIpc) is 2.72. The van der Waals surface area contributed by atoms with E-state index in [-0.39, 0.29) is 31.1 Å². The highest BCUT2D eigenvalue weighted by Crippen LogP contribution is 2.36. The van der Waals surface area contributed by atoms with E-state index in [2.05, 4.69) is 5.32 Å². The van der Waals surface area contributed by atoms with Gasteiger partial charge in [0.1, 0.15) is 5.78 Å². The molecule has 0 radical (unpaired) electrons. The summed E-state index contributed by atoms with van der Waals surface area (Å²) in [6, 6.07) is 0. The molecule has 1 aliphatic rings. The lowest BCUT2D eigenvalue weighted by molar-refractivity contribution is -0.490. The first kappa shape index (κ1) is 19.0. The van der Waals surface area contributed by atoms with Crippen LogP contribution in [-0.4, -0.2) is 56.0 Å². The van der Waals surface area contributed by atoms with Crippen LogP contribution in [0.4, 0.5) is 0 Å². The van der Waals surface area contributed by atoms with Crippen LogP contribution in [0.15, 0.2) is 0 Å². The highest BCUT2D eigenvalue weighted by molar-refractivity contribution is 5.88. The normalized spacial score (nSPS) is 23.6. The average molecular weight is 330 g/mol. The number of nitro groups is 1. The molecule has 0 spiro atoms. The molecule has 0 aliphatic heterocycles. The van der Waals surface area contributed by atoms with Gasteiger partial charge in [-0.15, -0.1) is 0 Å². The number of ketones is 1. The lowest BCUT2D eigenvalue weighted by Gasteiger charge is -2.17. The molecule has 23 heavy (non-hydrogen) atoms. The van der Waals surface area contributed by atoms with Gasteiger partial charge in [-0.2, -0.15) is 0 Å². The molecule has 0 bridgehead atoms. The lowest BCUT2D eigenvalue weighted by Crippen LogP contribution is -2.32. The molecule has 1 N–H and O–H groups in total. The Bertz CT molecular complexity index is 466. The van der Waals surface area contributed by atoms with E-state index in [4.69, 9.17) is 9.47 Å². The fourth-order valence-electron chi connectivity index (χ4n) is 2.73. The molecule has 1 amide bonds. The first-order valence-corrected chi connectivity index (χ1v) is 7.41. The Morgan fingerprint density at radius 1 is 1.43 bits per heavy atom. The van der Waals surface area contributed by atoms with Crippen LogP contribution in [-0.2, 0) is 23.9 Å². The van der Waals surface area contributed by atoms with E-state index in [9.17, 15) is 24.5 Å². The third-order valence-electron chi connectivity index (χ3n) is 3.92. The molecule has 1 aliphatic carbocycles. The van der Waals surface area contributed by atoms with Gasteiger partial charge in [0, 0.05) is 36.8 Å². The van der Waals surface area contributed by atoms with Gasteiger partial charge in [-0.25, -0.2) is 0 Å². The van der Waals surface area contributed by atoms with Crippen LogP contribution in [0.25, 0.3) is 0 Å². The summed E-state index contributed by atoms with van der Waals surface area (Å²) >= 11 is 0. The van der Waals surface area contributed by atoms with Gasteiger partial charge in [0.25, 0.3) is 5.91 Å². The van der Waals surface area contributed by atoms with Crippen LogP contribution in [0.5, 0.6) is 0 Å². The third kappa shape index (κ3) is 6.31. The Morgan fingerprint density at radius 3 is 2.74 bits per heavy atom. The number of rotatable bonds is 9. The number of amides is 1. The fraction of sp³-hybridized carbons (Fsp3) is 0.786. The summed E-state index contributed by atoms with van der Waals surface area (Å²) in [4.78, 5) is 45.3. The summed E-state index contributed by atoms with van der Waals surface area (Å²) in [5, 5.41) is 13.2. The van der Waals surface area contributed by atoms with Crippen molar-refractivity contribution in [3.63, 3.8) is 0 Å². The van der Waals surface area contributed by atoms with Crippen molar-refractivity contribution in [1.82, 2.24) is 5.32 Å². The maximum Gasteiger partial charge on any atom is 0.307 e. The molecule has 0 aromatic rings. The number of nitrogens with one attached hydrogen (secondary N) is 1. The number of carbonyl (C=O) groups excluding carboxylic acids is 3. The molecule has 0 saturated heterocycles. The van der Waals surface area contributed by atoms with Crippen LogP contribution in [0.1, 0.15) is 19.8 Å². The van der Waals surface area contributed by atoms with E-state index >= 15 is 0 Å². The molecular formula is C14H22N2O7. The van der Waals surface area contributed by atoms with Gasteiger partial charge in [0.05, 0.1) is 13.0 Å². The molecule has 9 nitrogen and oxygen atoms in total. The number of hydrogen-bond acceptors (Lipinski definition) is 7. The second kappa shape index (κ2) is 9.19. The van der Waals surface area contributed by atoms with E-state index in [1.54, 1.807) is 6.92 Å². The van der Waals surface area contributed by atoms with Gasteiger partial charge >= 0.3 is 5.97 Å². The molecule has 1 fully saturated rings. The van der Waals surface area contributed by atoms with E-state index in [1.807, 2.05) is 0 Å². The van der Waals surface area contributed by atoms with E-state index in [1.165, 1.54) is 7.11 Å². The van der Waals surface area contributed by atoms with Crippen molar-refractivity contribution in [1.29, 1.82) is 0 Å². The van der Waals surface area contributed by atoms with E-state index in [0.717, 1.165) is 0 Å². The number of methoxy groups -OCH3 is 1. The molecule has 1 rings (SSSR count). The van der Waals surface area contributed by atoms with Crippen molar-refractivity contribution < 1.29 is 28.8 Å². The predicted molar refractivity (Wildman–Crippen MR) is 78.1 cm³/mol. The molecule has 0 heterocycles. The lowest BCUT2D eigenvalue weighted by atomic mass is 9.88. The van der Waals surface area contributed by atoms with Crippen molar-refractivity contribution in [2.75, 3.05) is 33.4 Å².